The molecule has 0 bridgehead atoms. The third-order valence-corrected chi connectivity index (χ3v) is 7.13. The van der Waals surface area contributed by atoms with Crippen molar-refractivity contribution in [1.29, 1.82) is 0 Å². The molecule has 0 radical (unpaired) electrons. The van der Waals surface area contributed by atoms with Gasteiger partial charge >= 0.3 is 0 Å². The lowest BCUT2D eigenvalue weighted by Crippen LogP contribution is -2.44. The Balaban J connectivity index is 1.32. The first-order valence-electron chi connectivity index (χ1n) is 12.4. The van der Waals surface area contributed by atoms with Gasteiger partial charge in [-0.25, -0.2) is 0 Å². The molecule has 186 valence electrons. The third kappa shape index (κ3) is 4.64. The summed E-state index contributed by atoms with van der Waals surface area (Å²) in [6, 6.07) is 17.3. The highest BCUT2D eigenvalue weighted by Crippen LogP contribution is 2.30. The van der Waals surface area contributed by atoms with Gasteiger partial charge in [0.25, 0.3) is 11.8 Å². The van der Waals surface area contributed by atoms with E-state index >= 15 is 0 Å². The average molecular weight is 485 g/mol. The lowest BCUT2D eigenvalue weighted by Gasteiger charge is -2.35. The molecule has 2 aliphatic heterocycles. The fraction of sp³-hybridized carbons (Fsp3) is 0.345. The number of imide groups is 1. The number of pyridine rings is 1. The van der Waals surface area contributed by atoms with E-state index in [0.717, 1.165) is 42.9 Å². The predicted molar refractivity (Wildman–Crippen MR) is 140 cm³/mol. The molecule has 0 atom stereocenters. The van der Waals surface area contributed by atoms with Crippen molar-refractivity contribution < 1.29 is 14.7 Å². The van der Waals surface area contributed by atoms with E-state index in [4.69, 9.17) is 0 Å². The Morgan fingerprint density at radius 3 is 2.28 bits per heavy atom. The van der Waals surface area contributed by atoms with Gasteiger partial charge in [0.2, 0.25) is 0 Å². The number of para-hydroxylation sites is 1. The minimum absolute atomic E-state index is 0.242. The van der Waals surface area contributed by atoms with Crippen LogP contribution in [0.5, 0.6) is 0 Å². The van der Waals surface area contributed by atoms with Crippen molar-refractivity contribution in [3.8, 4) is 11.1 Å². The Labute approximate surface area is 212 Å². The van der Waals surface area contributed by atoms with Crippen LogP contribution < -0.4 is 4.90 Å². The third-order valence-electron chi connectivity index (χ3n) is 7.13. The van der Waals surface area contributed by atoms with Gasteiger partial charge in [-0.2, -0.15) is 0 Å². The van der Waals surface area contributed by atoms with Gasteiger partial charge in [-0.05, 0) is 62.7 Å². The SMILES string of the molecule is CN1CCN(c2ccccc2CCN2C(=O)c3ccc(-c4ccc(C(C)(C)O)nc4)cc3C2=O)CC1. The Kier molecular flexibility index (Phi) is 6.36. The molecule has 2 aliphatic rings. The Morgan fingerprint density at radius 2 is 1.58 bits per heavy atom. The zero-order chi connectivity index (χ0) is 25.4. The average Bonchev–Trinajstić information content (AvgIpc) is 3.12. The Morgan fingerprint density at radius 1 is 0.889 bits per heavy atom. The fourth-order valence-electron chi connectivity index (χ4n) is 4.91. The van der Waals surface area contributed by atoms with E-state index < -0.39 is 5.60 Å². The molecule has 36 heavy (non-hydrogen) atoms. The molecule has 2 amide bonds. The maximum Gasteiger partial charge on any atom is 0.261 e. The van der Waals surface area contributed by atoms with Gasteiger partial charge in [0, 0.05) is 50.2 Å². The van der Waals surface area contributed by atoms with Crippen LogP contribution in [0, 0.1) is 0 Å². The molecule has 0 spiro atoms. The fourth-order valence-corrected chi connectivity index (χ4v) is 4.91. The highest BCUT2D eigenvalue weighted by atomic mass is 16.3. The number of hydrogen-bond donors (Lipinski definition) is 1. The quantitative estimate of drug-likeness (QED) is 0.539. The van der Waals surface area contributed by atoms with E-state index in [1.807, 2.05) is 24.3 Å². The number of aromatic nitrogens is 1. The van der Waals surface area contributed by atoms with Crippen LogP contribution in [0.4, 0.5) is 5.69 Å². The topological polar surface area (TPSA) is 77.0 Å². The number of piperazine rings is 1. The second-order valence-corrected chi connectivity index (χ2v) is 10.2. The van der Waals surface area contributed by atoms with Gasteiger partial charge in [0.05, 0.1) is 16.8 Å². The normalized spacial score (nSPS) is 16.6. The first-order chi connectivity index (χ1) is 17.2. The molecule has 1 N–H and O–H groups in total. The second-order valence-electron chi connectivity index (χ2n) is 10.2. The van der Waals surface area contributed by atoms with Crippen molar-refractivity contribution >= 4 is 17.5 Å². The highest BCUT2D eigenvalue weighted by molar-refractivity contribution is 6.21. The van der Waals surface area contributed by atoms with Crippen LogP contribution in [0.3, 0.4) is 0 Å². The van der Waals surface area contributed by atoms with Gasteiger partial charge in [-0.3, -0.25) is 19.5 Å². The molecule has 1 aromatic heterocycles. The van der Waals surface area contributed by atoms with Crippen LogP contribution in [-0.4, -0.2) is 71.5 Å². The summed E-state index contributed by atoms with van der Waals surface area (Å²) in [6.07, 6.45) is 2.30. The molecule has 5 rings (SSSR count). The molecular weight excluding hydrogens is 452 g/mol. The molecule has 0 aliphatic carbocycles. The second kappa shape index (κ2) is 9.48. The first-order valence-corrected chi connectivity index (χ1v) is 12.4. The first kappa shape index (κ1) is 24.2. The smallest absolute Gasteiger partial charge is 0.261 e. The minimum Gasteiger partial charge on any atom is -0.384 e. The number of amides is 2. The van der Waals surface area contributed by atoms with E-state index in [1.165, 1.54) is 10.6 Å². The summed E-state index contributed by atoms with van der Waals surface area (Å²) in [6.45, 7) is 7.69. The minimum atomic E-state index is -1.03. The van der Waals surface area contributed by atoms with Crippen molar-refractivity contribution in [2.24, 2.45) is 0 Å². The van der Waals surface area contributed by atoms with E-state index in [9.17, 15) is 14.7 Å². The standard InChI is InChI=1S/C29H32N4O3/c1-29(2,36)26-11-9-22(19-30-26)21-8-10-23-24(18-21)28(35)33(27(23)34)13-12-20-6-4-5-7-25(20)32-16-14-31(3)15-17-32/h4-11,18-19,36H,12-17H2,1-3H3. The van der Waals surface area contributed by atoms with E-state index in [1.54, 1.807) is 38.2 Å². The number of carbonyl (C=O) groups is 2. The summed E-state index contributed by atoms with van der Waals surface area (Å²) >= 11 is 0. The number of nitrogens with zero attached hydrogens (tertiary/aromatic N) is 4. The lowest BCUT2D eigenvalue weighted by atomic mass is 9.99. The van der Waals surface area contributed by atoms with Gasteiger partial charge in [0.15, 0.2) is 0 Å². The largest absolute Gasteiger partial charge is 0.384 e. The molecule has 1 fully saturated rings. The van der Waals surface area contributed by atoms with Crippen molar-refractivity contribution in [2.75, 3.05) is 44.7 Å². The number of likely N-dealkylation sites (N-methyl/N-ethyl adjacent to an activating group) is 1. The number of hydrogen-bond acceptors (Lipinski definition) is 6. The van der Waals surface area contributed by atoms with E-state index in [-0.39, 0.29) is 11.8 Å². The highest BCUT2D eigenvalue weighted by Gasteiger charge is 2.35. The summed E-state index contributed by atoms with van der Waals surface area (Å²) < 4.78 is 0. The van der Waals surface area contributed by atoms with Gasteiger partial charge < -0.3 is 14.9 Å². The Bertz CT molecular complexity index is 1290. The Hall–Kier alpha value is -3.55. The number of aliphatic hydroxyl groups is 1. The lowest BCUT2D eigenvalue weighted by molar-refractivity contribution is 0.0655. The summed E-state index contributed by atoms with van der Waals surface area (Å²) in [5.41, 5.74) is 4.39. The summed E-state index contributed by atoms with van der Waals surface area (Å²) in [5, 5.41) is 10.2. The van der Waals surface area contributed by atoms with Crippen molar-refractivity contribution in [3.63, 3.8) is 0 Å². The molecule has 0 unspecified atom stereocenters. The summed E-state index contributed by atoms with van der Waals surface area (Å²) in [4.78, 5) is 36.8. The van der Waals surface area contributed by atoms with Gasteiger partial charge in [-0.15, -0.1) is 0 Å². The van der Waals surface area contributed by atoms with Crippen LogP contribution in [0.25, 0.3) is 11.1 Å². The molecule has 7 heteroatoms. The molecular formula is C29H32N4O3. The monoisotopic (exact) mass is 484 g/mol. The summed E-state index contributed by atoms with van der Waals surface area (Å²) in [7, 11) is 2.14. The van der Waals surface area contributed by atoms with Gasteiger partial charge in [-0.1, -0.05) is 30.3 Å². The summed E-state index contributed by atoms with van der Waals surface area (Å²) in [5.74, 6) is -0.496. The maximum absolute atomic E-state index is 13.3. The number of rotatable bonds is 6. The number of benzene rings is 2. The number of fused-ring (bicyclic) bond motifs is 1. The molecule has 3 aromatic rings. The predicted octanol–water partition coefficient (Wildman–Crippen LogP) is 3.57. The van der Waals surface area contributed by atoms with Crippen molar-refractivity contribution in [2.45, 2.75) is 25.9 Å². The van der Waals surface area contributed by atoms with Crippen LogP contribution >= 0.6 is 0 Å². The zero-order valence-corrected chi connectivity index (χ0v) is 21.1. The molecule has 2 aromatic carbocycles. The number of anilines is 1. The van der Waals surface area contributed by atoms with E-state index in [0.29, 0.717) is 29.8 Å². The molecule has 7 nitrogen and oxygen atoms in total. The number of carbonyl (C=O) groups excluding carboxylic acids is 2. The van der Waals surface area contributed by atoms with Crippen molar-refractivity contribution in [3.05, 3.63) is 83.2 Å². The van der Waals surface area contributed by atoms with Crippen molar-refractivity contribution in [1.82, 2.24) is 14.8 Å². The van der Waals surface area contributed by atoms with E-state index in [2.05, 4.69) is 34.0 Å². The van der Waals surface area contributed by atoms with Crippen LogP contribution in [-0.2, 0) is 12.0 Å². The molecule has 1 saturated heterocycles. The van der Waals surface area contributed by atoms with Gasteiger partial charge in [0.1, 0.15) is 5.60 Å². The van der Waals surface area contributed by atoms with Crippen LogP contribution in [0.2, 0.25) is 0 Å². The maximum atomic E-state index is 13.3. The van der Waals surface area contributed by atoms with Crippen LogP contribution in [0.15, 0.2) is 60.8 Å². The zero-order valence-electron chi connectivity index (χ0n) is 21.1. The molecule has 0 saturated carbocycles. The van der Waals surface area contributed by atoms with Crippen LogP contribution in [0.1, 0.15) is 45.8 Å². The molecule has 3 heterocycles.